The Morgan fingerprint density at radius 3 is 2.58 bits per heavy atom. The van der Waals surface area contributed by atoms with Crippen LogP contribution in [0, 0.1) is 20.8 Å². The highest BCUT2D eigenvalue weighted by molar-refractivity contribution is 5.59. The third-order valence-corrected chi connectivity index (χ3v) is 3.88. The second-order valence-corrected chi connectivity index (χ2v) is 5.30. The van der Waals surface area contributed by atoms with E-state index in [1.165, 1.54) is 22.3 Å². The molecule has 1 heterocycles. The van der Waals surface area contributed by atoms with Gasteiger partial charge in [0.1, 0.15) is 12.4 Å². The summed E-state index contributed by atoms with van der Waals surface area (Å²) in [6.45, 7) is 7.17. The number of fused-ring (bicyclic) bond motifs is 1. The number of rotatable bonds is 1. The molecule has 1 atom stereocenters. The van der Waals surface area contributed by atoms with Crippen LogP contribution in [0.2, 0.25) is 0 Å². The first-order chi connectivity index (χ1) is 9.15. The molecular weight excluding hydrogens is 234 g/mol. The van der Waals surface area contributed by atoms with Crippen LogP contribution in [0.25, 0.3) is 0 Å². The summed E-state index contributed by atoms with van der Waals surface area (Å²) in [6.07, 6.45) is 0. The van der Waals surface area contributed by atoms with Gasteiger partial charge in [-0.1, -0.05) is 24.3 Å². The number of benzene rings is 2. The molecule has 1 aliphatic rings. The van der Waals surface area contributed by atoms with Gasteiger partial charge in [0, 0.05) is 0 Å². The maximum Gasteiger partial charge on any atom is 0.142 e. The van der Waals surface area contributed by atoms with Crippen LogP contribution in [-0.4, -0.2) is 6.61 Å². The molecule has 98 valence electrons. The van der Waals surface area contributed by atoms with Crippen LogP contribution in [0.4, 0.5) is 5.69 Å². The van der Waals surface area contributed by atoms with Crippen molar-refractivity contribution in [3.8, 4) is 5.75 Å². The number of anilines is 1. The molecule has 0 aliphatic carbocycles. The minimum absolute atomic E-state index is 0.231. The van der Waals surface area contributed by atoms with E-state index in [-0.39, 0.29) is 6.04 Å². The number of para-hydroxylation sites is 2. The third-order valence-electron chi connectivity index (χ3n) is 3.88. The Morgan fingerprint density at radius 2 is 1.74 bits per heavy atom. The highest BCUT2D eigenvalue weighted by Gasteiger charge is 2.21. The van der Waals surface area contributed by atoms with Crippen molar-refractivity contribution < 1.29 is 4.74 Å². The average molecular weight is 253 g/mol. The van der Waals surface area contributed by atoms with Crippen molar-refractivity contribution in [1.82, 2.24) is 0 Å². The fourth-order valence-corrected chi connectivity index (χ4v) is 2.64. The van der Waals surface area contributed by atoms with Crippen LogP contribution in [-0.2, 0) is 0 Å². The van der Waals surface area contributed by atoms with Gasteiger partial charge in [-0.3, -0.25) is 0 Å². The molecule has 2 aromatic rings. The van der Waals surface area contributed by atoms with Crippen molar-refractivity contribution in [1.29, 1.82) is 0 Å². The zero-order valence-corrected chi connectivity index (χ0v) is 11.7. The first-order valence-electron chi connectivity index (χ1n) is 6.71. The van der Waals surface area contributed by atoms with Crippen LogP contribution < -0.4 is 10.1 Å². The zero-order valence-electron chi connectivity index (χ0n) is 11.7. The van der Waals surface area contributed by atoms with Gasteiger partial charge in [-0.15, -0.1) is 0 Å². The Kier molecular flexibility index (Phi) is 2.94. The summed E-state index contributed by atoms with van der Waals surface area (Å²) in [6, 6.07) is 12.9. The summed E-state index contributed by atoms with van der Waals surface area (Å²) in [5, 5.41) is 3.58. The molecule has 1 N–H and O–H groups in total. The molecule has 0 radical (unpaired) electrons. The third kappa shape index (κ3) is 2.19. The van der Waals surface area contributed by atoms with Gasteiger partial charge >= 0.3 is 0 Å². The van der Waals surface area contributed by atoms with E-state index in [1.54, 1.807) is 0 Å². The minimum Gasteiger partial charge on any atom is -0.489 e. The Morgan fingerprint density at radius 1 is 1.00 bits per heavy atom. The molecule has 3 rings (SSSR count). The second-order valence-electron chi connectivity index (χ2n) is 5.30. The smallest absolute Gasteiger partial charge is 0.142 e. The second kappa shape index (κ2) is 4.61. The summed E-state index contributed by atoms with van der Waals surface area (Å²) in [4.78, 5) is 0. The first-order valence-corrected chi connectivity index (χ1v) is 6.71. The fourth-order valence-electron chi connectivity index (χ4n) is 2.64. The van der Waals surface area contributed by atoms with Gasteiger partial charge in [0.2, 0.25) is 0 Å². The average Bonchev–Trinajstić information content (AvgIpc) is 2.42. The Labute approximate surface area is 114 Å². The van der Waals surface area contributed by atoms with Gasteiger partial charge < -0.3 is 10.1 Å². The van der Waals surface area contributed by atoms with E-state index in [9.17, 15) is 0 Å². The molecule has 19 heavy (non-hydrogen) atoms. The van der Waals surface area contributed by atoms with Gasteiger partial charge in [0.05, 0.1) is 11.7 Å². The van der Waals surface area contributed by atoms with Crippen molar-refractivity contribution >= 4 is 5.69 Å². The van der Waals surface area contributed by atoms with Gasteiger partial charge in [-0.2, -0.15) is 0 Å². The lowest BCUT2D eigenvalue weighted by atomic mass is 9.95. The minimum atomic E-state index is 0.231. The van der Waals surface area contributed by atoms with E-state index in [1.807, 2.05) is 18.2 Å². The van der Waals surface area contributed by atoms with E-state index >= 15 is 0 Å². The largest absolute Gasteiger partial charge is 0.489 e. The Balaban J connectivity index is 1.95. The van der Waals surface area contributed by atoms with Gasteiger partial charge in [0.15, 0.2) is 0 Å². The number of nitrogens with one attached hydrogen (secondary N) is 1. The van der Waals surface area contributed by atoms with Crippen molar-refractivity contribution in [2.75, 3.05) is 11.9 Å². The molecule has 0 amide bonds. The standard InChI is InChI=1S/C17H19NO/c1-11-8-13(3)14(9-12(11)2)16-10-19-17-7-5-4-6-15(17)18-16/h4-9,16,18H,10H2,1-3H3. The molecule has 2 heteroatoms. The van der Waals surface area contributed by atoms with Gasteiger partial charge in [0.25, 0.3) is 0 Å². The molecule has 1 unspecified atom stereocenters. The van der Waals surface area contributed by atoms with Crippen molar-refractivity contribution in [3.63, 3.8) is 0 Å². The first kappa shape index (κ1) is 12.1. The molecular formula is C17H19NO. The van der Waals surface area contributed by atoms with Crippen LogP contribution in [0.1, 0.15) is 28.3 Å². The SMILES string of the molecule is Cc1cc(C)c(C2COc3ccccc3N2)cc1C. The topological polar surface area (TPSA) is 21.3 Å². The highest BCUT2D eigenvalue weighted by atomic mass is 16.5. The van der Waals surface area contributed by atoms with Crippen molar-refractivity contribution in [2.24, 2.45) is 0 Å². The predicted molar refractivity (Wildman–Crippen MR) is 79.0 cm³/mol. The fraction of sp³-hybridized carbons (Fsp3) is 0.294. The molecule has 2 aromatic carbocycles. The van der Waals surface area contributed by atoms with Crippen LogP contribution >= 0.6 is 0 Å². The maximum absolute atomic E-state index is 5.85. The van der Waals surface area contributed by atoms with Crippen LogP contribution in [0.5, 0.6) is 5.75 Å². The van der Waals surface area contributed by atoms with E-state index in [2.05, 4.69) is 44.3 Å². The number of ether oxygens (including phenoxy) is 1. The van der Waals surface area contributed by atoms with Gasteiger partial charge in [-0.25, -0.2) is 0 Å². The summed E-state index contributed by atoms with van der Waals surface area (Å²) in [5.41, 5.74) is 6.41. The van der Waals surface area contributed by atoms with E-state index in [4.69, 9.17) is 4.74 Å². The molecule has 0 saturated carbocycles. The molecule has 0 bridgehead atoms. The number of hydrogen-bond donors (Lipinski definition) is 1. The highest BCUT2D eigenvalue weighted by Crippen LogP contribution is 2.34. The Bertz CT molecular complexity index is 619. The maximum atomic E-state index is 5.85. The Hall–Kier alpha value is -1.96. The summed E-state index contributed by atoms with van der Waals surface area (Å²) < 4.78 is 5.85. The molecule has 0 fully saturated rings. The lowest BCUT2D eigenvalue weighted by Crippen LogP contribution is -2.24. The van der Waals surface area contributed by atoms with E-state index in [0.717, 1.165) is 11.4 Å². The van der Waals surface area contributed by atoms with Crippen molar-refractivity contribution in [2.45, 2.75) is 26.8 Å². The normalized spacial score (nSPS) is 17.3. The van der Waals surface area contributed by atoms with Crippen LogP contribution in [0.3, 0.4) is 0 Å². The predicted octanol–water partition coefficient (Wildman–Crippen LogP) is 4.16. The van der Waals surface area contributed by atoms with Crippen LogP contribution in [0.15, 0.2) is 36.4 Å². The summed E-state index contributed by atoms with van der Waals surface area (Å²) in [7, 11) is 0. The number of hydrogen-bond acceptors (Lipinski definition) is 2. The molecule has 0 saturated heterocycles. The zero-order chi connectivity index (χ0) is 13.4. The monoisotopic (exact) mass is 253 g/mol. The molecule has 0 spiro atoms. The van der Waals surface area contributed by atoms with Gasteiger partial charge in [-0.05, 0) is 55.2 Å². The number of aryl methyl sites for hydroxylation is 3. The molecule has 2 nitrogen and oxygen atoms in total. The quantitative estimate of drug-likeness (QED) is 0.824. The summed E-state index contributed by atoms with van der Waals surface area (Å²) in [5.74, 6) is 0.945. The lowest BCUT2D eigenvalue weighted by Gasteiger charge is -2.29. The van der Waals surface area contributed by atoms with Crippen molar-refractivity contribution in [3.05, 3.63) is 58.7 Å². The lowest BCUT2D eigenvalue weighted by molar-refractivity contribution is 0.286. The molecule has 1 aliphatic heterocycles. The summed E-state index contributed by atoms with van der Waals surface area (Å²) >= 11 is 0. The van der Waals surface area contributed by atoms with E-state index in [0.29, 0.717) is 6.61 Å². The molecule has 0 aromatic heterocycles. The van der Waals surface area contributed by atoms with E-state index < -0.39 is 0 Å².